The number of non-ortho nitro benzene ring substituents is 1. The van der Waals surface area contributed by atoms with Gasteiger partial charge in [0.2, 0.25) is 10.0 Å². The minimum atomic E-state index is -3.72. The first-order valence-corrected chi connectivity index (χ1v) is 8.19. The molecule has 0 atom stereocenters. The van der Waals surface area contributed by atoms with E-state index in [1.165, 1.54) is 10.4 Å². The molecule has 21 heavy (non-hydrogen) atoms. The highest BCUT2D eigenvalue weighted by molar-refractivity contribution is 7.89. The Morgan fingerprint density at radius 1 is 1.29 bits per heavy atom. The van der Waals surface area contributed by atoms with Gasteiger partial charge in [0.1, 0.15) is 0 Å². The number of sulfonamides is 1. The molecule has 0 aliphatic carbocycles. The van der Waals surface area contributed by atoms with E-state index in [-0.39, 0.29) is 16.6 Å². The van der Waals surface area contributed by atoms with Crippen molar-refractivity contribution in [2.75, 3.05) is 13.1 Å². The second-order valence-electron chi connectivity index (χ2n) is 5.38. The van der Waals surface area contributed by atoms with Crippen LogP contribution in [-0.4, -0.2) is 36.8 Å². The summed E-state index contributed by atoms with van der Waals surface area (Å²) in [5.41, 5.74) is 6.73. The van der Waals surface area contributed by atoms with Crippen LogP contribution in [0.4, 0.5) is 5.69 Å². The number of benzene rings is 1. The molecule has 1 aromatic rings. The average molecular weight is 313 g/mol. The van der Waals surface area contributed by atoms with E-state index in [2.05, 4.69) is 0 Å². The molecule has 2 N–H and O–H groups in total. The predicted octanol–water partition coefficient (Wildman–Crippen LogP) is 1.32. The van der Waals surface area contributed by atoms with Crippen molar-refractivity contribution in [2.45, 2.75) is 37.6 Å². The van der Waals surface area contributed by atoms with Crippen molar-refractivity contribution in [1.82, 2.24) is 4.31 Å². The van der Waals surface area contributed by atoms with Gasteiger partial charge in [-0.3, -0.25) is 10.1 Å². The van der Waals surface area contributed by atoms with Gasteiger partial charge < -0.3 is 5.73 Å². The van der Waals surface area contributed by atoms with E-state index in [1.807, 2.05) is 0 Å². The Hall–Kier alpha value is -1.51. The van der Waals surface area contributed by atoms with Crippen LogP contribution in [0, 0.1) is 24.0 Å². The summed E-state index contributed by atoms with van der Waals surface area (Å²) in [4.78, 5) is 10.4. The van der Waals surface area contributed by atoms with Gasteiger partial charge in [0.15, 0.2) is 0 Å². The molecule has 0 unspecified atom stereocenters. The van der Waals surface area contributed by atoms with E-state index < -0.39 is 14.9 Å². The van der Waals surface area contributed by atoms with E-state index in [0.717, 1.165) is 6.07 Å². The molecular formula is C13H19N3O4S. The normalized spacial score (nSPS) is 17.9. The molecule has 1 aromatic carbocycles. The number of nitro groups is 1. The van der Waals surface area contributed by atoms with E-state index >= 15 is 0 Å². The summed E-state index contributed by atoms with van der Waals surface area (Å²) < 4.78 is 26.8. The van der Waals surface area contributed by atoms with Gasteiger partial charge in [-0.2, -0.15) is 4.31 Å². The number of nitrogens with two attached hydrogens (primary N) is 1. The number of aryl methyl sites for hydroxylation is 1. The Labute approximate surface area is 123 Å². The van der Waals surface area contributed by atoms with Gasteiger partial charge >= 0.3 is 0 Å². The summed E-state index contributed by atoms with van der Waals surface area (Å²) >= 11 is 0. The quantitative estimate of drug-likeness (QED) is 0.669. The lowest BCUT2D eigenvalue weighted by Crippen LogP contribution is -2.43. The van der Waals surface area contributed by atoms with E-state index in [9.17, 15) is 18.5 Å². The SMILES string of the molecule is Cc1cc([N+](=O)[O-])cc(S(=O)(=O)N2CCC(N)CC2)c1C. The highest BCUT2D eigenvalue weighted by Crippen LogP contribution is 2.29. The number of hydrogen-bond donors (Lipinski definition) is 1. The Morgan fingerprint density at radius 3 is 2.38 bits per heavy atom. The Morgan fingerprint density at radius 2 is 1.86 bits per heavy atom. The molecule has 2 rings (SSSR count). The summed E-state index contributed by atoms with van der Waals surface area (Å²) in [5.74, 6) is 0. The minimum Gasteiger partial charge on any atom is -0.328 e. The standard InChI is InChI=1S/C13H19N3O4S/c1-9-7-12(16(17)18)8-13(10(9)2)21(19,20)15-5-3-11(14)4-6-15/h7-8,11H,3-6,14H2,1-2H3. The molecule has 0 saturated carbocycles. The Bertz CT molecular complexity index is 664. The van der Waals surface area contributed by atoms with Gasteiger partial charge in [0.05, 0.1) is 9.82 Å². The van der Waals surface area contributed by atoms with Crippen LogP contribution >= 0.6 is 0 Å². The summed E-state index contributed by atoms with van der Waals surface area (Å²) in [6.07, 6.45) is 1.21. The summed E-state index contributed by atoms with van der Waals surface area (Å²) in [6.45, 7) is 4.05. The smallest absolute Gasteiger partial charge is 0.271 e. The fourth-order valence-electron chi connectivity index (χ4n) is 2.44. The first-order chi connectivity index (χ1) is 9.73. The molecule has 8 heteroatoms. The zero-order valence-corrected chi connectivity index (χ0v) is 12.9. The molecule has 7 nitrogen and oxygen atoms in total. The fourth-order valence-corrected chi connectivity index (χ4v) is 4.22. The van der Waals surface area contributed by atoms with Crippen molar-refractivity contribution in [1.29, 1.82) is 0 Å². The van der Waals surface area contributed by atoms with E-state index in [0.29, 0.717) is 37.1 Å². The predicted molar refractivity (Wildman–Crippen MR) is 78.5 cm³/mol. The van der Waals surface area contributed by atoms with Crippen molar-refractivity contribution < 1.29 is 13.3 Å². The second kappa shape index (κ2) is 5.70. The van der Waals surface area contributed by atoms with E-state index in [1.54, 1.807) is 13.8 Å². The minimum absolute atomic E-state index is 0.0180. The molecule has 1 aliphatic rings. The van der Waals surface area contributed by atoms with Crippen molar-refractivity contribution in [3.8, 4) is 0 Å². The molecule has 0 amide bonds. The van der Waals surface area contributed by atoms with Gasteiger partial charge in [0.25, 0.3) is 5.69 Å². The van der Waals surface area contributed by atoms with Crippen LogP contribution in [0.5, 0.6) is 0 Å². The largest absolute Gasteiger partial charge is 0.328 e. The maximum Gasteiger partial charge on any atom is 0.271 e. The highest BCUT2D eigenvalue weighted by atomic mass is 32.2. The van der Waals surface area contributed by atoms with Crippen LogP contribution in [0.3, 0.4) is 0 Å². The van der Waals surface area contributed by atoms with E-state index in [4.69, 9.17) is 5.73 Å². The van der Waals surface area contributed by atoms with Crippen LogP contribution in [0.25, 0.3) is 0 Å². The molecular weight excluding hydrogens is 294 g/mol. The van der Waals surface area contributed by atoms with Crippen LogP contribution in [0.15, 0.2) is 17.0 Å². The topological polar surface area (TPSA) is 107 Å². The van der Waals surface area contributed by atoms with Crippen LogP contribution in [0.1, 0.15) is 24.0 Å². The lowest BCUT2D eigenvalue weighted by atomic mass is 10.1. The maximum atomic E-state index is 12.7. The molecule has 0 spiro atoms. The van der Waals surface area contributed by atoms with Gasteiger partial charge in [-0.1, -0.05) is 0 Å². The molecule has 1 fully saturated rings. The third-order valence-corrected chi connectivity index (χ3v) is 5.96. The monoisotopic (exact) mass is 313 g/mol. The molecule has 1 heterocycles. The van der Waals surface area contributed by atoms with Crippen molar-refractivity contribution >= 4 is 15.7 Å². The zero-order valence-electron chi connectivity index (χ0n) is 12.1. The number of nitro benzene ring substituents is 1. The number of hydrogen-bond acceptors (Lipinski definition) is 5. The van der Waals surface area contributed by atoms with Gasteiger partial charge in [-0.05, 0) is 37.8 Å². The molecule has 1 aliphatic heterocycles. The number of rotatable bonds is 3. The van der Waals surface area contributed by atoms with Gasteiger partial charge in [-0.25, -0.2) is 8.42 Å². The van der Waals surface area contributed by atoms with Crippen molar-refractivity contribution in [3.05, 3.63) is 33.4 Å². The Balaban J connectivity index is 2.47. The van der Waals surface area contributed by atoms with Gasteiger partial charge in [0, 0.05) is 31.3 Å². The van der Waals surface area contributed by atoms with Crippen LogP contribution in [0.2, 0.25) is 0 Å². The van der Waals surface area contributed by atoms with Gasteiger partial charge in [-0.15, -0.1) is 0 Å². The molecule has 0 radical (unpaired) electrons. The first-order valence-electron chi connectivity index (χ1n) is 6.75. The van der Waals surface area contributed by atoms with Crippen LogP contribution in [-0.2, 0) is 10.0 Å². The second-order valence-corrected chi connectivity index (χ2v) is 7.29. The highest BCUT2D eigenvalue weighted by Gasteiger charge is 2.31. The van der Waals surface area contributed by atoms with Crippen molar-refractivity contribution in [2.24, 2.45) is 5.73 Å². The first kappa shape index (κ1) is 15.9. The molecule has 116 valence electrons. The zero-order chi connectivity index (χ0) is 15.8. The lowest BCUT2D eigenvalue weighted by molar-refractivity contribution is -0.385. The maximum absolute atomic E-state index is 12.7. The Kier molecular flexibility index (Phi) is 4.31. The molecule has 1 saturated heterocycles. The molecule has 0 bridgehead atoms. The lowest BCUT2D eigenvalue weighted by Gasteiger charge is -2.29. The summed E-state index contributed by atoms with van der Waals surface area (Å²) in [6, 6.07) is 2.55. The average Bonchev–Trinajstić information content (AvgIpc) is 2.41. The van der Waals surface area contributed by atoms with Crippen LogP contribution < -0.4 is 5.73 Å². The number of nitrogens with zero attached hydrogens (tertiary/aromatic N) is 2. The van der Waals surface area contributed by atoms with Crippen molar-refractivity contribution in [3.63, 3.8) is 0 Å². The fraction of sp³-hybridized carbons (Fsp3) is 0.538. The third-order valence-electron chi connectivity index (χ3n) is 3.93. The summed E-state index contributed by atoms with van der Waals surface area (Å²) in [5, 5.41) is 10.9. The summed E-state index contributed by atoms with van der Waals surface area (Å²) in [7, 11) is -3.72. The molecule has 0 aromatic heterocycles. The third kappa shape index (κ3) is 3.07. The number of piperidine rings is 1.